The molecular weight excluding hydrogens is 266 g/mol. The van der Waals surface area contributed by atoms with Crippen molar-refractivity contribution in [2.75, 3.05) is 6.61 Å². The van der Waals surface area contributed by atoms with Crippen LogP contribution < -0.4 is 0 Å². The summed E-state index contributed by atoms with van der Waals surface area (Å²) >= 11 is 0. The van der Waals surface area contributed by atoms with E-state index < -0.39 is 28.2 Å². The van der Waals surface area contributed by atoms with Crippen LogP contribution in [0.1, 0.15) is 18.9 Å². The molecule has 106 valence electrons. The summed E-state index contributed by atoms with van der Waals surface area (Å²) in [5.41, 5.74) is 0.979. The second kappa shape index (κ2) is 5.20. The fourth-order valence-electron chi connectivity index (χ4n) is 2.48. The highest BCUT2D eigenvalue weighted by atomic mass is 32.2. The van der Waals surface area contributed by atoms with Crippen molar-refractivity contribution < 1.29 is 18.6 Å². The molecule has 0 spiro atoms. The van der Waals surface area contributed by atoms with E-state index in [0.29, 0.717) is 0 Å². The van der Waals surface area contributed by atoms with Crippen molar-refractivity contribution >= 4 is 10.0 Å². The number of aliphatic hydroxyl groups is 2. The standard InChI is InChI=1S/C13H19NO4S/c1-9-3-5-12(6-4-9)19(17,18)14-10(2)13(16)7-11(14)8-15/h3-6,10-11,13,15-16H,7-8H2,1-2H3/t10-,11-,13-/m0/s1. The molecule has 0 unspecified atom stereocenters. The SMILES string of the molecule is Cc1ccc(S(=O)(=O)N2[C@H](CO)C[C@H](O)[C@@H]2C)cc1. The molecule has 0 saturated carbocycles. The van der Waals surface area contributed by atoms with E-state index in [4.69, 9.17) is 0 Å². The maximum absolute atomic E-state index is 12.6. The van der Waals surface area contributed by atoms with Crippen LogP contribution in [-0.4, -0.2) is 47.7 Å². The molecular formula is C13H19NO4S. The van der Waals surface area contributed by atoms with Gasteiger partial charge in [-0.25, -0.2) is 8.42 Å². The van der Waals surface area contributed by atoms with Crippen molar-refractivity contribution in [2.45, 2.75) is 43.4 Å². The third kappa shape index (κ3) is 2.53. The Morgan fingerprint density at radius 3 is 2.42 bits per heavy atom. The molecule has 19 heavy (non-hydrogen) atoms. The van der Waals surface area contributed by atoms with Crippen molar-refractivity contribution in [3.63, 3.8) is 0 Å². The molecule has 1 aliphatic rings. The van der Waals surface area contributed by atoms with Gasteiger partial charge in [0, 0.05) is 6.04 Å². The van der Waals surface area contributed by atoms with Crippen LogP contribution in [0.3, 0.4) is 0 Å². The minimum absolute atomic E-state index is 0.192. The highest BCUT2D eigenvalue weighted by Crippen LogP contribution is 2.31. The minimum Gasteiger partial charge on any atom is -0.395 e. The predicted octanol–water partition coefficient (Wildman–Crippen LogP) is 0.500. The Kier molecular flexibility index (Phi) is 3.96. The van der Waals surface area contributed by atoms with Gasteiger partial charge in [-0.1, -0.05) is 17.7 Å². The first kappa shape index (κ1) is 14.5. The van der Waals surface area contributed by atoms with Crippen molar-refractivity contribution in [2.24, 2.45) is 0 Å². The lowest BCUT2D eigenvalue weighted by Gasteiger charge is -2.26. The molecule has 0 radical (unpaired) electrons. The molecule has 1 aromatic carbocycles. The van der Waals surface area contributed by atoms with Gasteiger partial charge in [0.1, 0.15) is 0 Å². The number of sulfonamides is 1. The van der Waals surface area contributed by atoms with Crippen LogP contribution in [0, 0.1) is 6.92 Å². The van der Waals surface area contributed by atoms with Crippen molar-refractivity contribution in [1.82, 2.24) is 4.31 Å². The van der Waals surface area contributed by atoms with Gasteiger partial charge in [-0.2, -0.15) is 4.31 Å². The van der Waals surface area contributed by atoms with E-state index in [1.165, 1.54) is 4.31 Å². The Hall–Kier alpha value is -0.950. The summed E-state index contributed by atoms with van der Waals surface area (Å²) in [6, 6.07) is 5.49. The first-order chi connectivity index (χ1) is 8.87. The van der Waals surface area contributed by atoms with E-state index in [1.54, 1.807) is 31.2 Å². The quantitative estimate of drug-likeness (QED) is 0.848. The zero-order chi connectivity index (χ0) is 14.2. The molecule has 0 bridgehead atoms. The molecule has 1 fully saturated rings. The summed E-state index contributed by atoms with van der Waals surface area (Å²) in [5, 5.41) is 19.1. The van der Waals surface area contributed by atoms with Crippen LogP contribution in [0.25, 0.3) is 0 Å². The number of nitrogens with zero attached hydrogens (tertiary/aromatic N) is 1. The fraction of sp³-hybridized carbons (Fsp3) is 0.538. The van der Waals surface area contributed by atoms with Gasteiger partial charge < -0.3 is 10.2 Å². The second-order valence-corrected chi connectivity index (χ2v) is 6.87. The van der Waals surface area contributed by atoms with Gasteiger partial charge in [-0.3, -0.25) is 0 Å². The van der Waals surface area contributed by atoms with Crippen molar-refractivity contribution in [1.29, 1.82) is 0 Å². The first-order valence-electron chi connectivity index (χ1n) is 6.27. The van der Waals surface area contributed by atoms with Gasteiger partial charge in [0.2, 0.25) is 10.0 Å². The number of hydrogen-bond donors (Lipinski definition) is 2. The number of aryl methyl sites for hydroxylation is 1. The lowest BCUT2D eigenvalue weighted by molar-refractivity contribution is 0.150. The second-order valence-electron chi connectivity index (χ2n) is 5.03. The highest BCUT2D eigenvalue weighted by Gasteiger charge is 2.44. The summed E-state index contributed by atoms with van der Waals surface area (Å²) in [5.74, 6) is 0. The van der Waals surface area contributed by atoms with Gasteiger partial charge in [-0.15, -0.1) is 0 Å². The summed E-state index contributed by atoms with van der Waals surface area (Å²) in [4.78, 5) is 0.192. The van der Waals surface area contributed by atoms with Gasteiger partial charge >= 0.3 is 0 Å². The van der Waals surface area contributed by atoms with Gasteiger partial charge in [0.05, 0.1) is 23.6 Å². The van der Waals surface area contributed by atoms with E-state index in [-0.39, 0.29) is 17.9 Å². The molecule has 2 rings (SSSR count). The largest absolute Gasteiger partial charge is 0.395 e. The molecule has 2 N–H and O–H groups in total. The molecule has 6 heteroatoms. The van der Waals surface area contributed by atoms with Crippen LogP contribution in [0.4, 0.5) is 0 Å². The van der Waals surface area contributed by atoms with E-state index in [1.807, 2.05) is 6.92 Å². The Bertz CT molecular complexity index is 540. The zero-order valence-electron chi connectivity index (χ0n) is 11.0. The molecule has 1 aromatic rings. The lowest BCUT2D eigenvalue weighted by atomic mass is 10.2. The Morgan fingerprint density at radius 1 is 1.32 bits per heavy atom. The number of aliphatic hydroxyl groups excluding tert-OH is 2. The first-order valence-corrected chi connectivity index (χ1v) is 7.71. The monoisotopic (exact) mass is 285 g/mol. The molecule has 1 heterocycles. The molecule has 1 saturated heterocycles. The molecule has 0 aromatic heterocycles. The summed E-state index contributed by atoms with van der Waals surface area (Å²) < 4.78 is 26.4. The maximum Gasteiger partial charge on any atom is 0.243 e. The molecule has 0 aliphatic carbocycles. The Balaban J connectivity index is 2.41. The van der Waals surface area contributed by atoms with E-state index in [2.05, 4.69) is 0 Å². The Labute approximate surface area is 113 Å². The normalized spacial score (nSPS) is 28.7. The van der Waals surface area contributed by atoms with Crippen molar-refractivity contribution in [3.8, 4) is 0 Å². The highest BCUT2D eigenvalue weighted by molar-refractivity contribution is 7.89. The van der Waals surface area contributed by atoms with Crippen LogP contribution in [0.2, 0.25) is 0 Å². The zero-order valence-corrected chi connectivity index (χ0v) is 11.8. The summed E-state index contributed by atoms with van der Waals surface area (Å²) in [7, 11) is -3.69. The third-order valence-electron chi connectivity index (χ3n) is 3.64. The fourth-order valence-corrected chi connectivity index (χ4v) is 4.33. The summed E-state index contributed by atoms with van der Waals surface area (Å²) in [6.45, 7) is 3.26. The van der Waals surface area contributed by atoms with Crippen LogP contribution >= 0.6 is 0 Å². The number of benzene rings is 1. The lowest BCUT2D eigenvalue weighted by Crippen LogP contribution is -2.43. The third-order valence-corrected chi connectivity index (χ3v) is 5.69. The number of rotatable bonds is 3. The smallest absolute Gasteiger partial charge is 0.243 e. The maximum atomic E-state index is 12.6. The number of hydrogen-bond acceptors (Lipinski definition) is 4. The molecule has 0 amide bonds. The molecule has 1 aliphatic heterocycles. The van der Waals surface area contributed by atoms with Crippen LogP contribution in [0.5, 0.6) is 0 Å². The van der Waals surface area contributed by atoms with Gasteiger partial charge in [-0.05, 0) is 32.4 Å². The molecule has 5 nitrogen and oxygen atoms in total. The van der Waals surface area contributed by atoms with Crippen molar-refractivity contribution in [3.05, 3.63) is 29.8 Å². The van der Waals surface area contributed by atoms with Gasteiger partial charge in [0.15, 0.2) is 0 Å². The molecule has 3 atom stereocenters. The summed E-state index contributed by atoms with van der Waals surface area (Å²) in [6.07, 6.45) is -0.472. The van der Waals surface area contributed by atoms with Gasteiger partial charge in [0.25, 0.3) is 0 Å². The van der Waals surface area contributed by atoms with E-state index in [9.17, 15) is 18.6 Å². The predicted molar refractivity (Wildman–Crippen MR) is 71.2 cm³/mol. The average Bonchev–Trinajstić information content (AvgIpc) is 2.66. The van der Waals surface area contributed by atoms with E-state index >= 15 is 0 Å². The van der Waals surface area contributed by atoms with Crippen LogP contribution in [-0.2, 0) is 10.0 Å². The average molecular weight is 285 g/mol. The Morgan fingerprint density at radius 2 is 1.89 bits per heavy atom. The van der Waals surface area contributed by atoms with E-state index in [0.717, 1.165) is 5.56 Å². The minimum atomic E-state index is -3.69. The topological polar surface area (TPSA) is 77.8 Å². The van der Waals surface area contributed by atoms with Crippen LogP contribution in [0.15, 0.2) is 29.2 Å².